The van der Waals surface area contributed by atoms with Gasteiger partial charge in [0, 0.05) is 6.92 Å². The first-order chi connectivity index (χ1) is 12.2. The highest BCUT2D eigenvalue weighted by Crippen LogP contribution is 2.24. The molecule has 1 saturated heterocycles. The topological polar surface area (TPSA) is 206 Å². The molecule has 1 heterocycles. The van der Waals surface area contributed by atoms with E-state index < -0.39 is 74.2 Å². The van der Waals surface area contributed by atoms with Gasteiger partial charge in [-0.25, -0.2) is 0 Å². The van der Waals surface area contributed by atoms with Crippen LogP contribution in [0.2, 0.25) is 0 Å². The Hall–Kier alpha value is -1.22. The molecule has 0 bridgehead atoms. The SMILES string of the molecule is CC(=O)N[C@@H](C=O)[C@@H](O)[C@H](O[C@@H]1O[C@H](CO)[C@H](O)[C@H](O)[C@H]1O)[C@H](O)CO. The Labute approximate surface area is 148 Å². The highest BCUT2D eigenvalue weighted by atomic mass is 16.7. The van der Waals surface area contributed by atoms with Crippen molar-refractivity contribution in [2.45, 2.75) is 62.0 Å². The van der Waals surface area contributed by atoms with Crippen LogP contribution in [0.15, 0.2) is 0 Å². The zero-order valence-electron chi connectivity index (χ0n) is 14.0. The monoisotopic (exact) mass is 383 g/mol. The third kappa shape index (κ3) is 5.39. The van der Waals surface area contributed by atoms with E-state index in [0.29, 0.717) is 0 Å². The number of aldehydes is 1. The minimum Gasteiger partial charge on any atom is -0.394 e. The molecule has 12 heteroatoms. The summed E-state index contributed by atoms with van der Waals surface area (Å²) in [6, 6.07) is -1.51. The van der Waals surface area contributed by atoms with E-state index in [1.807, 2.05) is 0 Å². The molecule has 152 valence electrons. The van der Waals surface area contributed by atoms with Gasteiger partial charge in [-0.05, 0) is 0 Å². The number of ether oxygens (including phenoxy) is 2. The molecule has 8 N–H and O–H groups in total. The predicted octanol–water partition coefficient (Wildman–Crippen LogP) is -5.41. The summed E-state index contributed by atoms with van der Waals surface area (Å²) in [7, 11) is 0. The summed E-state index contributed by atoms with van der Waals surface area (Å²) >= 11 is 0. The van der Waals surface area contributed by atoms with Crippen molar-refractivity contribution in [1.82, 2.24) is 5.32 Å². The average Bonchev–Trinajstić information content (AvgIpc) is 2.62. The fraction of sp³-hybridized carbons (Fsp3) is 0.857. The standard InChI is InChI=1S/C14H25NO11/c1-5(19)15-6(2-16)9(21)13(7(20)3-17)26-14-12(24)11(23)10(22)8(4-18)25-14/h2,6-14,17-18,20-24H,3-4H2,1H3,(H,15,19)/t6-,7+,8+,9+,10-,11-,12+,13+,14-/m0/s1. The van der Waals surface area contributed by atoms with Crippen LogP contribution in [0.25, 0.3) is 0 Å². The van der Waals surface area contributed by atoms with Crippen molar-refractivity contribution in [2.24, 2.45) is 0 Å². The third-order valence-electron chi connectivity index (χ3n) is 3.93. The van der Waals surface area contributed by atoms with Crippen molar-refractivity contribution in [3.63, 3.8) is 0 Å². The maximum Gasteiger partial charge on any atom is 0.217 e. The van der Waals surface area contributed by atoms with Gasteiger partial charge in [0.15, 0.2) is 6.29 Å². The molecule has 0 aliphatic carbocycles. The normalized spacial score (nSPS) is 33.8. The summed E-state index contributed by atoms with van der Waals surface area (Å²) in [6.45, 7) is -0.562. The van der Waals surface area contributed by atoms with Gasteiger partial charge >= 0.3 is 0 Å². The molecule has 1 rings (SSSR count). The number of aliphatic hydroxyl groups excluding tert-OH is 7. The quantitative estimate of drug-likeness (QED) is 0.176. The van der Waals surface area contributed by atoms with E-state index in [0.717, 1.165) is 6.92 Å². The van der Waals surface area contributed by atoms with Gasteiger partial charge in [-0.15, -0.1) is 0 Å². The minimum absolute atomic E-state index is 0.180. The Balaban J connectivity index is 2.99. The van der Waals surface area contributed by atoms with Crippen LogP contribution in [0.1, 0.15) is 6.92 Å². The number of amides is 1. The highest BCUT2D eigenvalue weighted by Gasteiger charge is 2.46. The average molecular weight is 383 g/mol. The van der Waals surface area contributed by atoms with Crippen LogP contribution < -0.4 is 5.32 Å². The first-order valence-electron chi connectivity index (χ1n) is 7.83. The molecule has 0 radical (unpaired) electrons. The van der Waals surface area contributed by atoms with Gasteiger partial charge in [0.05, 0.1) is 13.2 Å². The smallest absolute Gasteiger partial charge is 0.217 e. The van der Waals surface area contributed by atoms with E-state index in [4.69, 9.17) is 19.7 Å². The summed E-state index contributed by atoms with van der Waals surface area (Å²) in [5.41, 5.74) is 0. The summed E-state index contributed by atoms with van der Waals surface area (Å²) < 4.78 is 10.3. The molecule has 0 aromatic carbocycles. The van der Waals surface area contributed by atoms with Gasteiger partial charge in [0.1, 0.15) is 55.1 Å². The predicted molar refractivity (Wildman–Crippen MR) is 81.4 cm³/mol. The van der Waals surface area contributed by atoms with Gasteiger partial charge in [-0.2, -0.15) is 0 Å². The largest absolute Gasteiger partial charge is 0.394 e. The lowest BCUT2D eigenvalue weighted by Gasteiger charge is -2.42. The highest BCUT2D eigenvalue weighted by molar-refractivity contribution is 5.77. The molecular weight excluding hydrogens is 358 g/mol. The van der Waals surface area contributed by atoms with Gasteiger partial charge in [-0.1, -0.05) is 0 Å². The minimum atomic E-state index is -1.86. The number of aliphatic hydroxyl groups is 7. The van der Waals surface area contributed by atoms with Crippen LogP contribution >= 0.6 is 0 Å². The molecule has 0 aromatic rings. The number of carbonyl (C=O) groups is 2. The van der Waals surface area contributed by atoms with Crippen LogP contribution in [-0.4, -0.2) is 116 Å². The Morgan fingerprint density at radius 1 is 1.19 bits per heavy atom. The lowest BCUT2D eigenvalue weighted by molar-refractivity contribution is -0.324. The van der Waals surface area contributed by atoms with E-state index in [-0.39, 0.29) is 6.29 Å². The lowest BCUT2D eigenvalue weighted by atomic mass is 9.98. The number of hydrogen-bond acceptors (Lipinski definition) is 11. The van der Waals surface area contributed by atoms with Gasteiger partial charge in [-0.3, -0.25) is 4.79 Å². The number of hydrogen-bond donors (Lipinski definition) is 8. The zero-order chi connectivity index (χ0) is 20.0. The fourth-order valence-electron chi connectivity index (χ4n) is 2.48. The Bertz CT molecular complexity index is 462. The molecule has 12 nitrogen and oxygen atoms in total. The van der Waals surface area contributed by atoms with Crippen LogP contribution in [0.3, 0.4) is 0 Å². The maximum atomic E-state index is 11.1. The summed E-state index contributed by atoms with van der Waals surface area (Å²) in [6.07, 6.45) is -13.4. The van der Waals surface area contributed by atoms with Crippen molar-refractivity contribution < 1.29 is 54.8 Å². The van der Waals surface area contributed by atoms with E-state index in [2.05, 4.69) is 5.32 Å². The first-order valence-corrected chi connectivity index (χ1v) is 7.83. The maximum absolute atomic E-state index is 11.1. The Morgan fingerprint density at radius 2 is 1.81 bits per heavy atom. The molecule has 1 aliphatic heterocycles. The van der Waals surface area contributed by atoms with Gasteiger partial charge < -0.3 is 55.3 Å². The van der Waals surface area contributed by atoms with E-state index in [1.165, 1.54) is 0 Å². The van der Waals surface area contributed by atoms with Crippen molar-refractivity contribution in [3.05, 3.63) is 0 Å². The molecule has 26 heavy (non-hydrogen) atoms. The van der Waals surface area contributed by atoms with Crippen LogP contribution in [0.5, 0.6) is 0 Å². The molecule has 0 saturated carbocycles. The second-order valence-corrected chi connectivity index (χ2v) is 5.90. The summed E-state index contributed by atoms with van der Waals surface area (Å²) in [5, 5.41) is 69.9. The van der Waals surface area contributed by atoms with Crippen molar-refractivity contribution >= 4 is 12.2 Å². The number of carbonyl (C=O) groups excluding carboxylic acids is 2. The van der Waals surface area contributed by atoms with Crippen molar-refractivity contribution in [2.75, 3.05) is 13.2 Å². The molecule has 0 spiro atoms. The fourth-order valence-corrected chi connectivity index (χ4v) is 2.48. The summed E-state index contributed by atoms with van der Waals surface area (Å²) in [5.74, 6) is -0.661. The lowest BCUT2D eigenvalue weighted by Crippen LogP contribution is -2.62. The molecule has 1 aliphatic rings. The van der Waals surface area contributed by atoms with E-state index >= 15 is 0 Å². The second-order valence-electron chi connectivity index (χ2n) is 5.90. The molecule has 1 fully saturated rings. The molecule has 0 unspecified atom stereocenters. The van der Waals surface area contributed by atoms with Gasteiger partial charge in [0.2, 0.25) is 5.91 Å². The Morgan fingerprint density at radius 3 is 2.27 bits per heavy atom. The molecule has 9 atom stereocenters. The summed E-state index contributed by atoms with van der Waals surface area (Å²) in [4.78, 5) is 22.2. The molecular formula is C14H25NO11. The molecule has 1 amide bonds. The third-order valence-corrected chi connectivity index (χ3v) is 3.93. The zero-order valence-corrected chi connectivity index (χ0v) is 14.0. The number of rotatable bonds is 9. The van der Waals surface area contributed by atoms with Gasteiger partial charge in [0.25, 0.3) is 0 Å². The van der Waals surface area contributed by atoms with E-state index in [9.17, 15) is 35.1 Å². The molecule has 0 aromatic heterocycles. The van der Waals surface area contributed by atoms with Crippen LogP contribution in [-0.2, 0) is 19.1 Å². The van der Waals surface area contributed by atoms with E-state index in [1.54, 1.807) is 0 Å². The van der Waals surface area contributed by atoms with Crippen molar-refractivity contribution in [3.8, 4) is 0 Å². The van der Waals surface area contributed by atoms with Crippen molar-refractivity contribution in [1.29, 1.82) is 0 Å². The van der Waals surface area contributed by atoms with Crippen LogP contribution in [0.4, 0.5) is 0 Å². The second kappa shape index (κ2) is 10.2. The Kier molecular flexibility index (Phi) is 8.95. The van der Waals surface area contributed by atoms with Crippen LogP contribution in [0, 0.1) is 0 Å². The first kappa shape index (κ1) is 22.8. The number of nitrogens with one attached hydrogen (secondary N) is 1.